The zero-order valence-electron chi connectivity index (χ0n) is 19.2. The van der Waals surface area contributed by atoms with E-state index in [1.807, 2.05) is 20.8 Å². The van der Waals surface area contributed by atoms with Gasteiger partial charge in [-0.2, -0.15) is 0 Å². The molecular formula is C23H34N4O5. The number of imide groups is 2. The highest BCUT2D eigenvalue weighted by Crippen LogP contribution is 2.66. The molecule has 0 aromatic carbocycles. The monoisotopic (exact) mass is 446 g/mol. The molecule has 2 aliphatic heterocycles. The van der Waals surface area contributed by atoms with E-state index in [1.165, 1.54) is 4.90 Å². The van der Waals surface area contributed by atoms with Crippen molar-refractivity contribution in [3.05, 3.63) is 11.4 Å². The van der Waals surface area contributed by atoms with E-state index in [-0.39, 0.29) is 40.8 Å². The van der Waals surface area contributed by atoms with Crippen molar-refractivity contribution in [2.45, 2.75) is 90.2 Å². The number of carbonyl (C=O) groups excluding carboxylic acids is 4. The number of esters is 1. The van der Waals surface area contributed by atoms with Gasteiger partial charge in [-0.1, -0.05) is 13.3 Å². The van der Waals surface area contributed by atoms with E-state index in [9.17, 15) is 19.2 Å². The molecule has 4 aliphatic rings. The summed E-state index contributed by atoms with van der Waals surface area (Å²) in [6, 6.07) is -0.888. The molecule has 9 heteroatoms. The number of unbranched alkanes of at least 4 members (excludes halogenated alkanes) is 1. The molecular weight excluding hydrogens is 412 g/mol. The maximum atomic E-state index is 13.1. The van der Waals surface area contributed by atoms with Gasteiger partial charge in [-0.25, -0.2) is 4.79 Å². The third-order valence-electron chi connectivity index (χ3n) is 7.73. The van der Waals surface area contributed by atoms with Crippen LogP contribution in [-0.4, -0.2) is 51.8 Å². The average Bonchev–Trinajstić information content (AvgIpc) is 2.90. The van der Waals surface area contributed by atoms with Crippen molar-refractivity contribution in [3.8, 4) is 0 Å². The van der Waals surface area contributed by atoms with Crippen LogP contribution in [0.1, 0.15) is 78.6 Å². The highest BCUT2D eigenvalue weighted by atomic mass is 16.6. The van der Waals surface area contributed by atoms with Crippen LogP contribution in [0.3, 0.4) is 0 Å². The Morgan fingerprint density at radius 3 is 2.16 bits per heavy atom. The van der Waals surface area contributed by atoms with Crippen molar-refractivity contribution >= 4 is 23.8 Å². The van der Waals surface area contributed by atoms with Crippen molar-refractivity contribution in [1.29, 1.82) is 0 Å². The largest absolute Gasteiger partial charge is 0.459 e. The summed E-state index contributed by atoms with van der Waals surface area (Å²) in [6.45, 7) is 6.10. The number of ether oxygens (including phenoxy) is 1. The van der Waals surface area contributed by atoms with Crippen LogP contribution >= 0.6 is 0 Å². The first-order valence-corrected chi connectivity index (χ1v) is 11.6. The Morgan fingerprint density at radius 1 is 1.03 bits per heavy atom. The van der Waals surface area contributed by atoms with Gasteiger partial charge in [0.05, 0.1) is 5.41 Å². The summed E-state index contributed by atoms with van der Waals surface area (Å²) in [5, 5.41) is 0. The van der Waals surface area contributed by atoms with E-state index in [4.69, 9.17) is 16.2 Å². The standard InChI is InChI=1S/C23H34N4O5/c1-4-5-10-26-17(28)15(16(24)25)18(29)27(20(26)31)14-6-8-22(9-7-14)12-23(13-22)11-21(2,3)32-19(23)30/h14H,4-13,24-25H2,1-3H3. The summed E-state index contributed by atoms with van der Waals surface area (Å²) in [5.41, 5.74) is 10.3. The molecule has 2 aliphatic carbocycles. The fourth-order valence-electron chi connectivity index (χ4n) is 6.50. The third kappa shape index (κ3) is 3.46. The number of amides is 4. The number of cyclic esters (lactones) is 1. The predicted molar refractivity (Wildman–Crippen MR) is 115 cm³/mol. The molecule has 0 unspecified atom stereocenters. The van der Waals surface area contributed by atoms with Crippen LogP contribution in [0.5, 0.6) is 0 Å². The number of carbonyl (C=O) groups is 4. The Bertz CT molecular complexity index is 888. The molecule has 32 heavy (non-hydrogen) atoms. The molecule has 0 radical (unpaired) electrons. The molecule has 176 valence electrons. The van der Waals surface area contributed by atoms with Crippen LogP contribution in [0.4, 0.5) is 4.79 Å². The lowest BCUT2D eigenvalue weighted by Crippen LogP contribution is -2.62. The van der Waals surface area contributed by atoms with Gasteiger partial charge >= 0.3 is 12.0 Å². The number of barbiturate groups is 1. The minimum atomic E-state index is -0.708. The zero-order chi connectivity index (χ0) is 23.5. The Morgan fingerprint density at radius 2 is 1.66 bits per heavy atom. The molecule has 4 rings (SSSR count). The third-order valence-corrected chi connectivity index (χ3v) is 7.73. The number of rotatable bonds is 4. The summed E-state index contributed by atoms with van der Waals surface area (Å²) >= 11 is 0. The van der Waals surface area contributed by atoms with Gasteiger partial charge in [-0.05, 0) is 64.2 Å². The van der Waals surface area contributed by atoms with Crippen molar-refractivity contribution < 1.29 is 23.9 Å². The predicted octanol–water partition coefficient (Wildman–Crippen LogP) is 2.14. The molecule has 2 saturated heterocycles. The van der Waals surface area contributed by atoms with Gasteiger partial charge in [0.1, 0.15) is 17.0 Å². The van der Waals surface area contributed by atoms with Crippen LogP contribution in [0.25, 0.3) is 0 Å². The number of hydrogen-bond acceptors (Lipinski definition) is 7. The van der Waals surface area contributed by atoms with Crippen LogP contribution in [0, 0.1) is 10.8 Å². The van der Waals surface area contributed by atoms with Crippen LogP contribution in [0.15, 0.2) is 11.4 Å². The summed E-state index contributed by atoms with van der Waals surface area (Å²) in [7, 11) is 0. The van der Waals surface area contributed by atoms with Gasteiger partial charge in [-0.3, -0.25) is 24.2 Å². The Kier molecular flexibility index (Phi) is 5.29. The van der Waals surface area contributed by atoms with Gasteiger partial charge in [0.2, 0.25) is 0 Å². The molecule has 0 aromatic heterocycles. The second-order valence-electron chi connectivity index (χ2n) is 10.8. The highest BCUT2D eigenvalue weighted by Gasteiger charge is 2.65. The molecule has 0 aromatic rings. The smallest absolute Gasteiger partial charge is 0.334 e. The molecule has 0 bridgehead atoms. The van der Waals surface area contributed by atoms with E-state index >= 15 is 0 Å². The van der Waals surface area contributed by atoms with Crippen LogP contribution in [-0.2, 0) is 19.1 Å². The molecule has 2 saturated carbocycles. The Labute approximate surface area is 188 Å². The minimum absolute atomic E-state index is 0.0567. The average molecular weight is 447 g/mol. The Hall–Kier alpha value is -2.58. The van der Waals surface area contributed by atoms with Gasteiger partial charge < -0.3 is 16.2 Å². The first-order valence-electron chi connectivity index (χ1n) is 11.6. The van der Waals surface area contributed by atoms with Crippen molar-refractivity contribution in [3.63, 3.8) is 0 Å². The molecule has 4 N–H and O–H groups in total. The van der Waals surface area contributed by atoms with Crippen molar-refractivity contribution in [2.24, 2.45) is 22.3 Å². The van der Waals surface area contributed by atoms with E-state index in [2.05, 4.69) is 0 Å². The lowest BCUT2D eigenvalue weighted by Gasteiger charge is -2.56. The first-order chi connectivity index (χ1) is 14.9. The van der Waals surface area contributed by atoms with Gasteiger partial charge in [0.25, 0.3) is 11.8 Å². The second kappa shape index (κ2) is 7.49. The molecule has 2 spiro atoms. The Balaban J connectivity index is 1.47. The SMILES string of the molecule is CCCCN1C(=O)C(=C(N)N)C(=O)N(C2CCC3(CC2)CC2(C3)CC(C)(C)OC2=O)C1=O. The number of urea groups is 1. The number of hydrogen-bond donors (Lipinski definition) is 2. The van der Waals surface area contributed by atoms with E-state index in [0.717, 1.165) is 43.4 Å². The van der Waals surface area contributed by atoms with E-state index < -0.39 is 23.4 Å². The molecule has 2 heterocycles. The highest BCUT2D eigenvalue weighted by molar-refractivity contribution is 6.29. The number of nitrogens with two attached hydrogens (primary N) is 2. The minimum Gasteiger partial charge on any atom is -0.459 e. The molecule has 4 fully saturated rings. The topological polar surface area (TPSA) is 136 Å². The first kappa shape index (κ1) is 22.6. The van der Waals surface area contributed by atoms with Gasteiger partial charge in [-0.15, -0.1) is 0 Å². The number of nitrogens with zero attached hydrogens (tertiary/aromatic N) is 2. The molecule has 4 amide bonds. The normalized spacial score (nSPS) is 34.3. The maximum Gasteiger partial charge on any atom is 0.334 e. The molecule has 9 nitrogen and oxygen atoms in total. The molecule has 0 atom stereocenters. The lowest BCUT2D eigenvalue weighted by atomic mass is 9.47. The van der Waals surface area contributed by atoms with Crippen molar-refractivity contribution in [2.75, 3.05) is 6.54 Å². The van der Waals surface area contributed by atoms with E-state index in [1.54, 1.807) is 0 Å². The lowest BCUT2D eigenvalue weighted by molar-refractivity contribution is -0.165. The summed E-state index contributed by atoms with van der Waals surface area (Å²) in [4.78, 5) is 53.7. The van der Waals surface area contributed by atoms with Crippen LogP contribution in [0.2, 0.25) is 0 Å². The van der Waals surface area contributed by atoms with Crippen LogP contribution < -0.4 is 11.5 Å². The fourth-order valence-corrected chi connectivity index (χ4v) is 6.50. The summed E-state index contributed by atoms with van der Waals surface area (Å²) in [5.74, 6) is -1.84. The quantitative estimate of drug-likeness (QED) is 0.383. The fraction of sp³-hybridized carbons (Fsp3) is 0.739. The van der Waals surface area contributed by atoms with E-state index in [0.29, 0.717) is 19.3 Å². The summed E-state index contributed by atoms with van der Waals surface area (Å²) in [6.07, 6.45) is 6.71. The zero-order valence-corrected chi connectivity index (χ0v) is 19.2. The second-order valence-corrected chi connectivity index (χ2v) is 10.8. The van der Waals surface area contributed by atoms with Crippen molar-refractivity contribution in [1.82, 2.24) is 9.80 Å². The van der Waals surface area contributed by atoms with Gasteiger partial charge in [0.15, 0.2) is 0 Å². The maximum absolute atomic E-state index is 13.1. The summed E-state index contributed by atoms with van der Waals surface area (Å²) < 4.78 is 5.57. The van der Waals surface area contributed by atoms with Gasteiger partial charge in [0, 0.05) is 19.0 Å².